The molecule has 96 valence electrons. The average Bonchev–Trinajstić information content (AvgIpc) is 2.38. The standard InChI is InChI=1S/C15H12O4/c1-9-8-10(14(16)17)6-7-11(9)12-4-2-3-5-13(12)15(18)19/h2-8H,1H3,(H,16,17)(H,18,19). The summed E-state index contributed by atoms with van der Waals surface area (Å²) in [6.07, 6.45) is 0. The van der Waals surface area contributed by atoms with Gasteiger partial charge in [-0.2, -0.15) is 0 Å². The van der Waals surface area contributed by atoms with Crippen molar-refractivity contribution in [3.05, 3.63) is 59.2 Å². The van der Waals surface area contributed by atoms with Gasteiger partial charge in [0.1, 0.15) is 0 Å². The minimum absolute atomic E-state index is 0.189. The third kappa shape index (κ3) is 2.47. The number of benzene rings is 2. The largest absolute Gasteiger partial charge is 0.478 e. The monoisotopic (exact) mass is 256 g/mol. The van der Waals surface area contributed by atoms with Gasteiger partial charge in [0, 0.05) is 0 Å². The van der Waals surface area contributed by atoms with Crippen molar-refractivity contribution in [2.24, 2.45) is 0 Å². The highest BCUT2D eigenvalue weighted by Gasteiger charge is 2.13. The van der Waals surface area contributed by atoms with E-state index < -0.39 is 11.9 Å². The summed E-state index contributed by atoms with van der Waals surface area (Å²) in [5.74, 6) is -2.00. The molecule has 0 saturated carbocycles. The second-order valence-corrected chi connectivity index (χ2v) is 4.19. The molecule has 2 N–H and O–H groups in total. The van der Waals surface area contributed by atoms with E-state index in [2.05, 4.69) is 0 Å². The van der Waals surface area contributed by atoms with E-state index in [1.165, 1.54) is 18.2 Å². The molecule has 2 aromatic rings. The Morgan fingerprint density at radius 2 is 1.58 bits per heavy atom. The molecule has 4 nitrogen and oxygen atoms in total. The Morgan fingerprint density at radius 1 is 0.895 bits per heavy atom. The van der Waals surface area contributed by atoms with Crippen LogP contribution in [0.3, 0.4) is 0 Å². The van der Waals surface area contributed by atoms with Crippen molar-refractivity contribution >= 4 is 11.9 Å². The number of hydrogen-bond donors (Lipinski definition) is 2. The molecular weight excluding hydrogens is 244 g/mol. The molecule has 2 aromatic carbocycles. The number of aryl methyl sites for hydroxylation is 1. The summed E-state index contributed by atoms with van der Waals surface area (Å²) in [6, 6.07) is 11.3. The van der Waals surface area contributed by atoms with Crippen LogP contribution in [0, 0.1) is 6.92 Å². The van der Waals surface area contributed by atoms with Gasteiger partial charge in [0.25, 0.3) is 0 Å². The van der Waals surface area contributed by atoms with Crippen molar-refractivity contribution in [1.29, 1.82) is 0 Å². The summed E-state index contributed by atoms with van der Waals surface area (Å²) in [7, 11) is 0. The molecule has 0 spiro atoms. The molecule has 0 aliphatic heterocycles. The van der Waals surface area contributed by atoms with Gasteiger partial charge in [-0.3, -0.25) is 0 Å². The first-order valence-corrected chi connectivity index (χ1v) is 5.67. The van der Waals surface area contributed by atoms with Gasteiger partial charge in [-0.25, -0.2) is 9.59 Å². The van der Waals surface area contributed by atoms with E-state index >= 15 is 0 Å². The molecule has 0 amide bonds. The van der Waals surface area contributed by atoms with E-state index in [4.69, 9.17) is 10.2 Å². The minimum Gasteiger partial charge on any atom is -0.478 e. The van der Waals surface area contributed by atoms with Gasteiger partial charge in [0.2, 0.25) is 0 Å². The second-order valence-electron chi connectivity index (χ2n) is 4.19. The highest BCUT2D eigenvalue weighted by molar-refractivity contribution is 5.97. The molecule has 19 heavy (non-hydrogen) atoms. The van der Waals surface area contributed by atoms with Crippen LogP contribution in [-0.4, -0.2) is 22.2 Å². The van der Waals surface area contributed by atoms with Crippen molar-refractivity contribution in [3.63, 3.8) is 0 Å². The predicted molar refractivity (Wildman–Crippen MR) is 70.5 cm³/mol. The molecule has 0 heterocycles. The molecule has 0 fully saturated rings. The number of carbonyl (C=O) groups is 2. The number of rotatable bonds is 3. The van der Waals surface area contributed by atoms with E-state index in [9.17, 15) is 9.59 Å². The van der Waals surface area contributed by atoms with Gasteiger partial charge in [-0.1, -0.05) is 24.3 Å². The molecule has 0 unspecified atom stereocenters. The first-order chi connectivity index (χ1) is 9.00. The Bertz CT molecular complexity index is 659. The van der Waals surface area contributed by atoms with Crippen LogP contribution >= 0.6 is 0 Å². The number of carboxylic acid groups (broad SMARTS) is 2. The summed E-state index contributed by atoms with van der Waals surface area (Å²) in [4.78, 5) is 22.1. The number of aromatic carboxylic acids is 2. The molecule has 4 heteroatoms. The molecule has 0 bridgehead atoms. The van der Waals surface area contributed by atoms with E-state index in [1.54, 1.807) is 31.2 Å². The lowest BCUT2D eigenvalue weighted by atomic mass is 9.94. The van der Waals surface area contributed by atoms with Crippen molar-refractivity contribution in [2.45, 2.75) is 6.92 Å². The lowest BCUT2D eigenvalue weighted by Crippen LogP contribution is -2.01. The third-order valence-corrected chi connectivity index (χ3v) is 2.92. The van der Waals surface area contributed by atoms with Gasteiger partial charge in [-0.15, -0.1) is 0 Å². The lowest BCUT2D eigenvalue weighted by Gasteiger charge is -2.10. The fraction of sp³-hybridized carbons (Fsp3) is 0.0667. The highest BCUT2D eigenvalue weighted by atomic mass is 16.4. The highest BCUT2D eigenvalue weighted by Crippen LogP contribution is 2.27. The molecule has 0 atom stereocenters. The second kappa shape index (κ2) is 4.94. The fourth-order valence-corrected chi connectivity index (χ4v) is 2.00. The SMILES string of the molecule is Cc1cc(C(=O)O)ccc1-c1ccccc1C(=O)O. The quantitative estimate of drug-likeness (QED) is 0.885. The Balaban J connectivity index is 2.60. The zero-order chi connectivity index (χ0) is 14.0. The molecule has 0 saturated heterocycles. The van der Waals surface area contributed by atoms with Crippen LogP contribution < -0.4 is 0 Å². The summed E-state index contributed by atoms with van der Waals surface area (Å²) < 4.78 is 0. The maximum absolute atomic E-state index is 11.2. The van der Waals surface area contributed by atoms with Crippen LogP contribution in [0.1, 0.15) is 26.3 Å². The maximum atomic E-state index is 11.2. The average molecular weight is 256 g/mol. The van der Waals surface area contributed by atoms with Crippen LogP contribution in [0.25, 0.3) is 11.1 Å². The normalized spacial score (nSPS) is 10.2. The van der Waals surface area contributed by atoms with Crippen LogP contribution in [0.2, 0.25) is 0 Å². The Hall–Kier alpha value is -2.62. The summed E-state index contributed by atoms with van der Waals surface area (Å²) in [5, 5.41) is 18.1. The summed E-state index contributed by atoms with van der Waals surface area (Å²) >= 11 is 0. The van der Waals surface area contributed by atoms with Gasteiger partial charge in [-0.05, 0) is 41.8 Å². The van der Waals surface area contributed by atoms with E-state index in [1.807, 2.05) is 0 Å². The zero-order valence-electron chi connectivity index (χ0n) is 10.3. The lowest BCUT2D eigenvalue weighted by molar-refractivity contribution is 0.0686. The predicted octanol–water partition coefficient (Wildman–Crippen LogP) is 3.06. The minimum atomic E-state index is -1.00. The summed E-state index contributed by atoms with van der Waals surface area (Å²) in [5.41, 5.74) is 2.43. The zero-order valence-corrected chi connectivity index (χ0v) is 10.3. The van der Waals surface area contributed by atoms with Gasteiger partial charge >= 0.3 is 11.9 Å². The van der Waals surface area contributed by atoms with Crippen molar-refractivity contribution in [3.8, 4) is 11.1 Å². The summed E-state index contributed by atoms with van der Waals surface area (Å²) in [6.45, 7) is 1.76. The fourth-order valence-electron chi connectivity index (χ4n) is 2.00. The molecule has 0 aromatic heterocycles. The maximum Gasteiger partial charge on any atom is 0.336 e. The Morgan fingerprint density at radius 3 is 2.16 bits per heavy atom. The van der Waals surface area contributed by atoms with Gasteiger partial charge in [0.05, 0.1) is 11.1 Å². The molecule has 0 aliphatic rings. The van der Waals surface area contributed by atoms with Crippen molar-refractivity contribution < 1.29 is 19.8 Å². The van der Waals surface area contributed by atoms with E-state index in [0.29, 0.717) is 5.56 Å². The van der Waals surface area contributed by atoms with Crippen molar-refractivity contribution in [2.75, 3.05) is 0 Å². The Labute approximate surface area is 109 Å². The number of carboxylic acids is 2. The smallest absolute Gasteiger partial charge is 0.336 e. The Kier molecular flexibility index (Phi) is 3.33. The van der Waals surface area contributed by atoms with Crippen LogP contribution in [0.15, 0.2) is 42.5 Å². The third-order valence-electron chi connectivity index (χ3n) is 2.92. The van der Waals surface area contributed by atoms with E-state index in [0.717, 1.165) is 11.1 Å². The first kappa shape index (κ1) is 12.8. The number of hydrogen-bond acceptors (Lipinski definition) is 2. The van der Waals surface area contributed by atoms with Gasteiger partial charge in [0.15, 0.2) is 0 Å². The van der Waals surface area contributed by atoms with Crippen LogP contribution in [0.5, 0.6) is 0 Å². The van der Waals surface area contributed by atoms with Crippen molar-refractivity contribution in [1.82, 2.24) is 0 Å². The van der Waals surface area contributed by atoms with E-state index in [-0.39, 0.29) is 11.1 Å². The topological polar surface area (TPSA) is 74.6 Å². The van der Waals surface area contributed by atoms with Crippen LogP contribution in [0.4, 0.5) is 0 Å². The molecule has 0 radical (unpaired) electrons. The van der Waals surface area contributed by atoms with Gasteiger partial charge < -0.3 is 10.2 Å². The molecule has 2 rings (SSSR count). The molecular formula is C15H12O4. The van der Waals surface area contributed by atoms with Crippen LogP contribution in [-0.2, 0) is 0 Å². The molecule has 0 aliphatic carbocycles. The first-order valence-electron chi connectivity index (χ1n) is 5.67.